The molecule has 1 aromatic rings. The van der Waals surface area contributed by atoms with E-state index in [0.29, 0.717) is 0 Å². The molecule has 0 spiro atoms. The van der Waals surface area contributed by atoms with Gasteiger partial charge in [-0.05, 0) is 31.0 Å². The molecule has 0 heterocycles. The lowest BCUT2D eigenvalue weighted by Gasteiger charge is -2.17. The molecule has 6 heteroatoms. The minimum Gasteiger partial charge on any atom is -0.493 e. The molecular weight excluding hydrogens is 247 g/mol. The first kappa shape index (κ1) is 14.6. The minimum atomic E-state index is -4.44. The minimum absolute atomic E-state index is 0.0539. The third kappa shape index (κ3) is 3.29. The fourth-order valence-corrected chi connectivity index (χ4v) is 1.70. The highest BCUT2D eigenvalue weighted by molar-refractivity contribution is 5.48. The summed E-state index contributed by atoms with van der Waals surface area (Å²) < 4.78 is 48.6. The quantitative estimate of drug-likeness (QED) is 0.908. The van der Waals surface area contributed by atoms with E-state index in [1.54, 1.807) is 6.92 Å². The van der Waals surface area contributed by atoms with Crippen LogP contribution in [0.2, 0.25) is 0 Å². The predicted molar refractivity (Wildman–Crippen MR) is 61.9 cm³/mol. The number of rotatable bonds is 4. The molecule has 2 N–H and O–H groups in total. The van der Waals surface area contributed by atoms with Crippen molar-refractivity contribution in [3.63, 3.8) is 0 Å². The molecule has 102 valence electrons. The van der Waals surface area contributed by atoms with E-state index in [1.165, 1.54) is 20.3 Å². The molecule has 1 unspecified atom stereocenters. The summed E-state index contributed by atoms with van der Waals surface area (Å²) in [5, 5.41) is 0. The molecule has 0 aliphatic rings. The van der Waals surface area contributed by atoms with E-state index in [2.05, 4.69) is 0 Å². The molecule has 1 atom stereocenters. The number of halogens is 3. The number of alkyl halides is 3. The van der Waals surface area contributed by atoms with Gasteiger partial charge in [0, 0.05) is 6.04 Å². The second-order valence-electron chi connectivity index (χ2n) is 4.04. The van der Waals surface area contributed by atoms with Gasteiger partial charge in [-0.15, -0.1) is 0 Å². The van der Waals surface area contributed by atoms with Crippen LogP contribution in [-0.2, 0) is 12.6 Å². The maximum atomic E-state index is 12.9. The number of benzene rings is 1. The third-order valence-corrected chi connectivity index (χ3v) is 2.46. The molecule has 0 fully saturated rings. The summed E-state index contributed by atoms with van der Waals surface area (Å²) >= 11 is 0. The van der Waals surface area contributed by atoms with Gasteiger partial charge >= 0.3 is 6.18 Å². The Morgan fingerprint density at radius 1 is 1.17 bits per heavy atom. The van der Waals surface area contributed by atoms with Gasteiger partial charge in [0.2, 0.25) is 0 Å². The van der Waals surface area contributed by atoms with Crippen LogP contribution in [0.4, 0.5) is 13.2 Å². The zero-order chi connectivity index (χ0) is 13.9. The lowest BCUT2D eigenvalue weighted by molar-refractivity contribution is -0.138. The van der Waals surface area contributed by atoms with Crippen LogP contribution >= 0.6 is 0 Å². The zero-order valence-electron chi connectivity index (χ0n) is 10.5. The molecule has 0 aliphatic heterocycles. The van der Waals surface area contributed by atoms with Crippen LogP contribution in [0.25, 0.3) is 0 Å². The van der Waals surface area contributed by atoms with E-state index in [9.17, 15) is 13.2 Å². The molecule has 0 saturated carbocycles. The van der Waals surface area contributed by atoms with Gasteiger partial charge < -0.3 is 15.2 Å². The molecular formula is C12H16F3NO2. The van der Waals surface area contributed by atoms with Gasteiger partial charge in [0.25, 0.3) is 0 Å². The lowest BCUT2D eigenvalue weighted by Crippen LogP contribution is -2.21. The van der Waals surface area contributed by atoms with Gasteiger partial charge in [-0.2, -0.15) is 13.2 Å². The second-order valence-corrected chi connectivity index (χ2v) is 4.04. The average molecular weight is 263 g/mol. The Morgan fingerprint density at radius 3 is 2.06 bits per heavy atom. The number of hydrogen-bond acceptors (Lipinski definition) is 3. The lowest BCUT2D eigenvalue weighted by atomic mass is 10.00. The Morgan fingerprint density at radius 2 is 1.67 bits per heavy atom. The van der Waals surface area contributed by atoms with Gasteiger partial charge in [0.1, 0.15) is 0 Å². The fraction of sp³-hybridized carbons (Fsp3) is 0.500. The second kappa shape index (κ2) is 5.48. The summed E-state index contributed by atoms with van der Waals surface area (Å²) in [7, 11) is 2.67. The van der Waals surface area contributed by atoms with Crippen LogP contribution in [0, 0.1) is 0 Å². The van der Waals surface area contributed by atoms with Gasteiger partial charge in [-0.25, -0.2) is 0 Å². The van der Waals surface area contributed by atoms with Crippen LogP contribution in [0.3, 0.4) is 0 Å². The normalized spacial score (nSPS) is 13.3. The summed E-state index contributed by atoms with van der Waals surface area (Å²) in [4.78, 5) is 0. The Bertz CT molecular complexity index is 417. The van der Waals surface area contributed by atoms with Crippen molar-refractivity contribution in [1.82, 2.24) is 0 Å². The number of nitrogens with two attached hydrogens (primary N) is 1. The van der Waals surface area contributed by atoms with Crippen LogP contribution in [0.15, 0.2) is 12.1 Å². The summed E-state index contributed by atoms with van der Waals surface area (Å²) in [6.45, 7) is 1.65. The van der Waals surface area contributed by atoms with E-state index >= 15 is 0 Å². The monoisotopic (exact) mass is 263 g/mol. The Labute approximate surface area is 104 Å². The maximum absolute atomic E-state index is 12.9. The third-order valence-electron chi connectivity index (χ3n) is 2.46. The van der Waals surface area contributed by atoms with Crippen molar-refractivity contribution >= 4 is 0 Å². The molecule has 0 aliphatic carbocycles. The Balaban J connectivity index is 3.36. The highest BCUT2D eigenvalue weighted by Gasteiger charge is 2.34. The van der Waals surface area contributed by atoms with Crippen molar-refractivity contribution < 1.29 is 22.6 Å². The smallest absolute Gasteiger partial charge is 0.416 e. The van der Waals surface area contributed by atoms with Crippen LogP contribution in [-0.4, -0.2) is 20.3 Å². The molecule has 0 bridgehead atoms. The van der Waals surface area contributed by atoms with Gasteiger partial charge in [0.05, 0.1) is 19.8 Å². The highest BCUT2D eigenvalue weighted by atomic mass is 19.4. The number of hydrogen-bond donors (Lipinski definition) is 1. The molecule has 0 saturated heterocycles. The maximum Gasteiger partial charge on any atom is 0.416 e. The SMILES string of the molecule is COc1cc(CC(C)N)c(C(F)(F)F)cc1OC. The standard InChI is InChI=1S/C12H16F3NO2/c1-7(16)4-8-5-10(17-2)11(18-3)6-9(8)12(13,14)15/h5-7H,4,16H2,1-3H3. The average Bonchev–Trinajstić information content (AvgIpc) is 2.26. The summed E-state index contributed by atoms with van der Waals surface area (Å²) in [6, 6.07) is 1.89. The predicted octanol–water partition coefficient (Wildman–Crippen LogP) is 2.61. The first-order valence-corrected chi connectivity index (χ1v) is 5.37. The summed E-state index contributed by atoms with van der Waals surface area (Å²) in [5.74, 6) is 0.319. The molecule has 0 amide bonds. The van der Waals surface area contributed by atoms with E-state index in [0.717, 1.165) is 6.07 Å². The summed E-state index contributed by atoms with van der Waals surface area (Å²) in [6.07, 6.45) is -4.32. The van der Waals surface area contributed by atoms with E-state index in [-0.39, 0.29) is 29.5 Å². The van der Waals surface area contributed by atoms with Crippen LogP contribution in [0.5, 0.6) is 11.5 Å². The van der Waals surface area contributed by atoms with E-state index in [4.69, 9.17) is 15.2 Å². The highest BCUT2D eigenvalue weighted by Crippen LogP contribution is 2.39. The van der Waals surface area contributed by atoms with Crippen molar-refractivity contribution in [3.8, 4) is 11.5 Å². The van der Waals surface area contributed by atoms with Gasteiger partial charge in [-0.1, -0.05) is 0 Å². The van der Waals surface area contributed by atoms with Gasteiger partial charge in [0.15, 0.2) is 11.5 Å². The topological polar surface area (TPSA) is 44.5 Å². The van der Waals surface area contributed by atoms with Crippen molar-refractivity contribution in [3.05, 3.63) is 23.3 Å². The largest absolute Gasteiger partial charge is 0.493 e. The Hall–Kier alpha value is -1.43. The first-order valence-electron chi connectivity index (χ1n) is 5.37. The van der Waals surface area contributed by atoms with Crippen LogP contribution in [0.1, 0.15) is 18.1 Å². The molecule has 3 nitrogen and oxygen atoms in total. The first-order chi connectivity index (χ1) is 8.29. The molecule has 18 heavy (non-hydrogen) atoms. The number of methoxy groups -OCH3 is 2. The molecule has 0 aromatic heterocycles. The Kier molecular flexibility index (Phi) is 4.45. The van der Waals surface area contributed by atoms with E-state index < -0.39 is 11.7 Å². The van der Waals surface area contributed by atoms with Crippen molar-refractivity contribution in [2.24, 2.45) is 5.73 Å². The van der Waals surface area contributed by atoms with Crippen molar-refractivity contribution in [2.45, 2.75) is 25.6 Å². The zero-order valence-corrected chi connectivity index (χ0v) is 10.5. The van der Waals surface area contributed by atoms with Gasteiger partial charge in [-0.3, -0.25) is 0 Å². The fourth-order valence-electron chi connectivity index (χ4n) is 1.70. The molecule has 1 aromatic carbocycles. The van der Waals surface area contributed by atoms with E-state index in [1.807, 2.05) is 0 Å². The molecule has 1 rings (SSSR count). The van der Waals surface area contributed by atoms with Crippen LogP contribution < -0.4 is 15.2 Å². The van der Waals surface area contributed by atoms with Crippen molar-refractivity contribution in [1.29, 1.82) is 0 Å². The summed E-state index contributed by atoms with van der Waals surface area (Å²) in [5.41, 5.74) is 4.93. The molecule has 0 radical (unpaired) electrons. The number of ether oxygens (including phenoxy) is 2. The van der Waals surface area contributed by atoms with Crippen molar-refractivity contribution in [2.75, 3.05) is 14.2 Å².